The Kier molecular flexibility index (Phi) is 4.44. The zero-order valence-electron chi connectivity index (χ0n) is 10.4. The molecule has 0 aromatic rings. The second kappa shape index (κ2) is 5.41. The molecule has 16 heavy (non-hydrogen) atoms. The molecule has 0 heterocycles. The molecule has 1 fully saturated rings. The van der Waals surface area contributed by atoms with Crippen LogP contribution in [0.25, 0.3) is 0 Å². The number of esters is 1. The van der Waals surface area contributed by atoms with Crippen LogP contribution in [0.2, 0.25) is 0 Å². The first-order valence-corrected chi connectivity index (χ1v) is 5.91. The molecule has 1 aliphatic carbocycles. The molecule has 1 saturated carbocycles. The summed E-state index contributed by atoms with van der Waals surface area (Å²) in [5, 5.41) is 2.53. The van der Waals surface area contributed by atoms with E-state index in [1.165, 1.54) is 0 Å². The van der Waals surface area contributed by atoms with Crippen LogP contribution in [0.1, 0.15) is 46.5 Å². The molecule has 0 radical (unpaired) electrons. The molecule has 0 spiro atoms. The Morgan fingerprint density at radius 1 is 1.25 bits per heavy atom. The first kappa shape index (κ1) is 13.1. The highest BCUT2D eigenvalue weighted by Crippen LogP contribution is 2.39. The van der Waals surface area contributed by atoms with Crippen LogP contribution in [-0.2, 0) is 9.53 Å². The zero-order valence-corrected chi connectivity index (χ0v) is 10.4. The number of hydrogen-bond donors (Lipinski definition) is 0. The molecule has 92 valence electrons. The third-order valence-electron chi connectivity index (χ3n) is 3.54. The monoisotopic (exact) mass is 227 g/mol. The summed E-state index contributed by atoms with van der Waals surface area (Å²) in [7, 11) is 0. The van der Waals surface area contributed by atoms with Crippen molar-refractivity contribution < 1.29 is 9.53 Å². The third-order valence-corrected chi connectivity index (χ3v) is 3.54. The van der Waals surface area contributed by atoms with E-state index in [4.69, 9.17) is 4.74 Å². The first-order chi connectivity index (χ1) is 7.45. The number of rotatable bonds is 3. The Morgan fingerprint density at radius 3 is 2.25 bits per heavy atom. The average molecular weight is 227 g/mol. The Hall–Kier alpha value is -0.930. The molecule has 1 rings (SSSR count). The topological polar surface area (TPSA) is 55.7 Å². The standard InChI is InChI=1S/C12H21NO3/c1-12(2,3)10-6-4-9(5-7-10)11(14)16-8-13-15/h9-10H,4-8H2,1-3H3. The molecule has 0 aromatic heterocycles. The minimum Gasteiger partial charge on any atom is -0.439 e. The highest BCUT2D eigenvalue weighted by molar-refractivity contribution is 5.72. The molecule has 1 aliphatic rings. The van der Waals surface area contributed by atoms with Crippen molar-refractivity contribution in [3.8, 4) is 0 Å². The van der Waals surface area contributed by atoms with Gasteiger partial charge in [-0.2, -0.15) is 0 Å². The third kappa shape index (κ3) is 3.58. The number of carbonyl (C=O) groups is 1. The van der Waals surface area contributed by atoms with Crippen LogP contribution in [0.5, 0.6) is 0 Å². The largest absolute Gasteiger partial charge is 0.439 e. The maximum atomic E-state index is 11.5. The Balaban J connectivity index is 2.37. The van der Waals surface area contributed by atoms with Crippen molar-refractivity contribution >= 4 is 5.97 Å². The van der Waals surface area contributed by atoms with Crippen molar-refractivity contribution in [1.29, 1.82) is 0 Å². The van der Waals surface area contributed by atoms with E-state index in [9.17, 15) is 9.70 Å². The van der Waals surface area contributed by atoms with E-state index in [0.717, 1.165) is 25.7 Å². The van der Waals surface area contributed by atoms with Crippen LogP contribution < -0.4 is 0 Å². The lowest BCUT2D eigenvalue weighted by Crippen LogP contribution is -2.29. The minimum atomic E-state index is -0.349. The van der Waals surface area contributed by atoms with E-state index in [0.29, 0.717) is 11.3 Å². The summed E-state index contributed by atoms with van der Waals surface area (Å²) in [6, 6.07) is 0. The van der Waals surface area contributed by atoms with E-state index in [-0.39, 0.29) is 18.6 Å². The van der Waals surface area contributed by atoms with Gasteiger partial charge in [-0.05, 0) is 42.2 Å². The predicted octanol–water partition coefficient (Wildman–Crippen LogP) is 3.11. The van der Waals surface area contributed by atoms with Crippen molar-refractivity contribution in [2.45, 2.75) is 46.5 Å². The van der Waals surface area contributed by atoms with Crippen molar-refractivity contribution in [2.75, 3.05) is 6.73 Å². The fourth-order valence-corrected chi connectivity index (χ4v) is 2.40. The maximum Gasteiger partial charge on any atom is 0.310 e. The van der Waals surface area contributed by atoms with Gasteiger partial charge in [0.05, 0.1) is 5.92 Å². The number of carbonyl (C=O) groups excluding carboxylic acids is 1. The van der Waals surface area contributed by atoms with Crippen LogP contribution in [0, 0.1) is 22.2 Å². The number of ether oxygens (including phenoxy) is 1. The molecule has 0 aromatic carbocycles. The fraction of sp³-hybridized carbons (Fsp3) is 0.917. The number of hydrogen-bond acceptors (Lipinski definition) is 4. The van der Waals surface area contributed by atoms with E-state index in [2.05, 4.69) is 25.9 Å². The highest BCUT2D eigenvalue weighted by atomic mass is 16.6. The van der Waals surface area contributed by atoms with E-state index in [1.54, 1.807) is 0 Å². The number of nitroso groups, excluding NO2 is 1. The minimum absolute atomic E-state index is 0.0275. The smallest absolute Gasteiger partial charge is 0.310 e. The molecule has 0 aliphatic heterocycles. The molecule has 0 atom stereocenters. The molecule has 0 N–H and O–H groups in total. The molecular formula is C12H21NO3. The van der Waals surface area contributed by atoms with E-state index < -0.39 is 0 Å². The molecule has 0 unspecified atom stereocenters. The zero-order chi connectivity index (χ0) is 12.2. The first-order valence-electron chi connectivity index (χ1n) is 5.91. The summed E-state index contributed by atoms with van der Waals surface area (Å²) in [6.07, 6.45) is 3.88. The molecular weight excluding hydrogens is 206 g/mol. The second-order valence-corrected chi connectivity index (χ2v) is 5.64. The fourth-order valence-electron chi connectivity index (χ4n) is 2.40. The van der Waals surface area contributed by atoms with Crippen molar-refractivity contribution in [3.05, 3.63) is 4.91 Å². The van der Waals surface area contributed by atoms with E-state index in [1.807, 2.05) is 0 Å². The van der Waals surface area contributed by atoms with Crippen LogP contribution in [0.3, 0.4) is 0 Å². The van der Waals surface area contributed by atoms with Gasteiger partial charge < -0.3 is 4.74 Å². The van der Waals surface area contributed by atoms with Gasteiger partial charge in [-0.1, -0.05) is 20.8 Å². The van der Waals surface area contributed by atoms with Crippen LogP contribution >= 0.6 is 0 Å². The van der Waals surface area contributed by atoms with Gasteiger partial charge in [0.15, 0.2) is 0 Å². The normalized spacial score (nSPS) is 26.2. The molecule has 4 heteroatoms. The lowest BCUT2D eigenvalue weighted by Gasteiger charge is -2.36. The number of nitrogens with zero attached hydrogens (tertiary/aromatic N) is 1. The second-order valence-electron chi connectivity index (χ2n) is 5.64. The molecule has 4 nitrogen and oxygen atoms in total. The Labute approximate surface area is 96.7 Å². The van der Waals surface area contributed by atoms with Crippen LogP contribution in [0.4, 0.5) is 0 Å². The summed E-state index contributed by atoms with van der Waals surface area (Å²) in [5.41, 5.74) is 0.319. The van der Waals surface area contributed by atoms with Gasteiger partial charge in [-0.25, -0.2) is 0 Å². The van der Waals surface area contributed by atoms with Crippen LogP contribution in [-0.4, -0.2) is 12.7 Å². The van der Waals surface area contributed by atoms with Crippen molar-refractivity contribution in [1.82, 2.24) is 0 Å². The summed E-state index contributed by atoms with van der Waals surface area (Å²) in [5.74, 6) is 0.396. The predicted molar refractivity (Wildman–Crippen MR) is 61.7 cm³/mol. The Morgan fingerprint density at radius 2 is 1.81 bits per heavy atom. The summed E-state index contributed by atoms with van der Waals surface area (Å²) >= 11 is 0. The van der Waals surface area contributed by atoms with Crippen LogP contribution in [0.15, 0.2) is 5.18 Å². The lowest BCUT2D eigenvalue weighted by atomic mass is 9.70. The van der Waals surface area contributed by atoms with Gasteiger partial charge in [0.2, 0.25) is 6.73 Å². The van der Waals surface area contributed by atoms with E-state index >= 15 is 0 Å². The molecule has 0 amide bonds. The Bertz CT molecular complexity index is 249. The van der Waals surface area contributed by atoms with Gasteiger partial charge in [0.1, 0.15) is 0 Å². The SMILES string of the molecule is CC(C)(C)C1CCC(C(=O)OCN=O)CC1. The quantitative estimate of drug-likeness (QED) is 0.550. The van der Waals surface area contributed by atoms with Gasteiger partial charge in [-0.3, -0.25) is 4.79 Å². The summed E-state index contributed by atoms with van der Waals surface area (Å²) in [4.78, 5) is 21.3. The summed E-state index contributed by atoms with van der Waals surface area (Å²) < 4.78 is 4.73. The highest BCUT2D eigenvalue weighted by Gasteiger charge is 2.32. The van der Waals surface area contributed by atoms with Gasteiger partial charge in [0, 0.05) is 0 Å². The van der Waals surface area contributed by atoms with Gasteiger partial charge >= 0.3 is 5.97 Å². The lowest BCUT2D eigenvalue weighted by molar-refractivity contribution is -0.150. The van der Waals surface area contributed by atoms with Gasteiger partial charge in [0.25, 0.3) is 0 Å². The average Bonchev–Trinajstić information content (AvgIpc) is 2.25. The van der Waals surface area contributed by atoms with Crippen molar-refractivity contribution in [3.63, 3.8) is 0 Å². The maximum absolute atomic E-state index is 11.5. The van der Waals surface area contributed by atoms with Crippen molar-refractivity contribution in [2.24, 2.45) is 22.4 Å². The summed E-state index contributed by atoms with van der Waals surface area (Å²) in [6.45, 7) is 6.38. The molecule has 0 bridgehead atoms. The molecule has 0 saturated heterocycles. The van der Waals surface area contributed by atoms with Gasteiger partial charge in [-0.15, -0.1) is 4.91 Å².